The highest BCUT2D eigenvalue weighted by atomic mass is 79.9. The van der Waals surface area contributed by atoms with Gasteiger partial charge in [0.05, 0.1) is 0 Å². The van der Waals surface area contributed by atoms with Gasteiger partial charge in [-0.25, -0.2) is 0 Å². The van der Waals surface area contributed by atoms with E-state index in [0.717, 1.165) is 16.5 Å². The molecule has 1 aliphatic rings. The molecule has 1 aromatic carbocycles. The van der Waals surface area contributed by atoms with E-state index in [0.29, 0.717) is 19.4 Å². The maximum atomic E-state index is 12.7. The summed E-state index contributed by atoms with van der Waals surface area (Å²) in [6.07, 6.45) is 1.92. The van der Waals surface area contributed by atoms with Crippen LogP contribution < -0.4 is 5.32 Å². The van der Waals surface area contributed by atoms with Crippen molar-refractivity contribution in [1.29, 1.82) is 0 Å². The molecule has 1 aromatic rings. The van der Waals surface area contributed by atoms with E-state index in [9.17, 15) is 9.59 Å². The number of hydrogen-bond acceptors (Lipinski definition) is 2. The van der Waals surface area contributed by atoms with Crippen molar-refractivity contribution in [3.63, 3.8) is 0 Å². The Hall–Kier alpha value is -1.36. The molecule has 1 aliphatic heterocycles. The molecule has 4 nitrogen and oxygen atoms in total. The fourth-order valence-electron chi connectivity index (χ4n) is 2.62. The summed E-state index contributed by atoms with van der Waals surface area (Å²) in [6.45, 7) is 4.50. The number of benzene rings is 1. The SMILES string of the molecule is CCCC1NC(=O)CC(C)N(Cc2ccc(Br)cc2)C1=O. The Morgan fingerprint density at radius 3 is 2.57 bits per heavy atom. The van der Waals surface area contributed by atoms with Crippen LogP contribution in [0.2, 0.25) is 0 Å². The number of halogens is 1. The minimum atomic E-state index is -0.386. The maximum Gasteiger partial charge on any atom is 0.245 e. The Kier molecular flexibility index (Phi) is 5.39. The van der Waals surface area contributed by atoms with Crippen LogP contribution >= 0.6 is 15.9 Å². The van der Waals surface area contributed by atoms with Gasteiger partial charge in [-0.3, -0.25) is 9.59 Å². The first-order chi connectivity index (χ1) is 10.0. The van der Waals surface area contributed by atoms with Gasteiger partial charge in [0.1, 0.15) is 6.04 Å². The molecule has 2 unspecified atom stereocenters. The Morgan fingerprint density at radius 1 is 1.29 bits per heavy atom. The molecule has 1 heterocycles. The molecular weight excluding hydrogens is 332 g/mol. The normalized spacial score (nSPS) is 22.9. The van der Waals surface area contributed by atoms with Crippen LogP contribution in [0, 0.1) is 0 Å². The van der Waals surface area contributed by atoms with Gasteiger partial charge in [0.2, 0.25) is 11.8 Å². The first-order valence-corrected chi connectivity index (χ1v) is 8.15. The molecule has 1 saturated heterocycles. The number of hydrogen-bond donors (Lipinski definition) is 1. The number of nitrogens with one attached hydrogen (secondary N) is 1. The van der Waals surface area contributed by atoms with E-state index in [2.05, 4.69) is 21.2 Å². The average Bonchev–Trinajstić information content (AvgIpc) is 2.53. The number of carbonyl (C=O) groups excluding carboxylic acids is 2. The maximum absolute atomic E-state index is 12.7. The summed E-state index contributed by atoms with van der Waals surface area (Å²) < 4.78 is 1.02. The molecule has 1 fully saturated rings. The summed E-state index contributed by atoms with van der Waals surface area (Å²) >= 11 is 3.41. The van der Waals surface area contributed by atoms with Gasteiger partial charge in [-0.2, -0.15) is 0 Å². The molecule has 2 amide bonds. The molecule has 2 rings (SSSR count). The molecule has 114 valence electrons. The molecule has 5 heteroatoms. The molecule has 1 N–H and O–H groups in total. The zero-order valence-corrected chi connectivity index (χ0v) is 14.0. The Morgan fingerprint density at radius 2 is 1.95 bits per heavy atom. The lowest BCUT2D eigenvalue weighted by Crippen LogP contribution is -2.45. The van der Waals surface area contributed by atoms with Crippen molar-refractivity contribution < 1.29 is 9.59 Å². The van der Waals surface area contributed by atoms with Crippen molar-refractivity contribution in [3.05, 3.63) is 34.3 Å². The molecule has 0 aromatic heterocycles. The lowest BCUT2D eigenvalue weighted by Gasteiger charge is -2.28. The second-order valence-electron chi connectivity index (χ2n) is 5.55. The summed E-state index contributed by atoms with van der Waals surface area (Å²) in [5, 5.41) is 2.85. The van der Waals surface area contributed by atoms with Crippen LogP contribution in [0.5, 0.6) is 0 Å². The lowest BCUT2D eigenvalue weighted by atomic mass is 10.1. The Balaban J connectivity index is 2.19. The summed E-state index contributed by atoms with van der Waals surface area (Å²) in [5.41, 5.74) is 1.07. The summed E-state index contributed by atoms with van der Waals surface area (Å²) in [7, 11) is 0. The van der Waals surface area contributed by atoms with Crippen LogP contribution in [0.3, 0.4) is 0 Å². The van der Waals surface area contributed by atoms with Crippen LogP contribution in [0.4, 0.5) is 0 Å². The number of rotatable bonds is 4. The van der Waals surface area contributed by atoms with Crippen molar-refractivity contribution >= 4 is 27.7 Å². The first-order valence-electron chi connectivity index (χ1n) is 7.35. The van der Waals surface area contributed by atoms with Crippen LogP contribution in [-0.4, -0.2) is 28.8 Å². The number of amides is 2. The van der Waals surface area contributed by atoms with Crippen molar-refractivity contribution in [2.24, 2.45) is 0 Å². The zero-order chi connectivity index (χ0) is 15.4. The van der Waals surface area contributed by atoms with Gasteiger partial charge >= 0.3 is 0 Å². The molecule has 0 saturated carbocycles. The van der Waals surface area contributed by atoms with Crippen molar-refractivity contribution in [3.8, 4) is 0 Å². The minimum absolute atomic E-state index is 0.0260. The summed E-state index contributed by atoms with van der Waals surface area (Å²) in [6, 6.07) is 7.47. The van der Waals surface area contributed by atoms with E-state index in [-0.39, 0.29) is 23.9 Å². The highest BCUT2D eigenvalue weighted by Gasteiger charge is 2.33. The third-order valence-corrected chi connectivity index (χ3v) is 4.30. The van der Waals surface area contributed by atoms with Crippen LogP contribution in [0.1, 0.15) is 38.7 Å². The number of nitrogens with zero attached hydrogens (tertiary/aromatic N) is 1. The minimum Gasteiger partial charge on any atom is -0.344 e. The standard InChI is InChI=1S/C16H21BrN2O2/c1-3-4-14-16(21)19(11(2)9-15(20)18-14)10-12-5-7-13(17)8-6-12/h5-8,11,14H,3-4,9-10H2,1-2H3,(H,18,20). The zero-order valence-electron chi connectivity index (χ0n) is 12.4. The number of carbonyl (C=O) groups is 2. The molecule has 2 atom stereocenters. The molecule has 0 aliphatic carbocycles. The van der Waals surface area contributed by atoms with Gasteiger partial charge in [0.25, 0.3) is 0 Å². The third-order valence-electron chi connectivity index (χ3n) is 3.77. The summed E-state index contributed by atoms with van der Waals surface area (Å²) in [5.74, 6) is -0.00859. The second kappa shape index (κ2) is 7.07. The van der Waals surface area contributed by atoms with E-state index in [1.807, 2.05) is 43.0 Å². The Bertz CT molecular complexity index is 516. The second-order valence-corrected chi connectivity index (χ2v) is 6.47. The Labute approximate surface area is 134 Å². The van der Waals surface area contributed by atoms with Crippen molar-refractivity contribution in [1.82, 2.24) is 10.2 Å². The van der Waals surface area contributed by atoms with E-state index in [1.165, 1.54) is 0 Å². The van der Waals surface area contributed by atoms with Gasteiger partial charge < -0.3 is 10.2 Å². The first kappa shape index (κ1) is 16.0. The monoisotopic (exact) mass is 352 g/mol. The highest BCUT2D eigenvalue weighted by Crippen LogP contribution is 2.19. The smallest absolute Gasteiger partial charge is 0.245 e. The van der Waals surface area contributed by atoms with Gasteiger partial charge in [-0.1, -0.05) is 41.4 Å². The van der Waals surface area contributed by atoms with Gasteiger partial charge in [-0.05, 0) is 31.0 Å². The fraction of sp³-hybridized carbons (Fsp3) is 0.500. The summed E-state index contributed by atoms with van der Waals surface area (Å²) in [4.78, 5) is 26.4. The fourth-order valence-corrected chi connectivity index (χ4v) is 2.88. The van der Waals surface area contributed by atoms with Crippen LogP contribution in [0.15, 0.2) is 28.7 Å². The van der Waals surface area contributed by atoms with Crippen LogP contribution in [0.25, 0.3) is 0 Å². The lowest BCUT2D eigenvalue weighted by molar-refractivity contribution is -0.135. The average molecular weight is 353 g/mol. The predicted molar refractivity (Wildman–Crippen MR) is 85.6 cm³/mol. The molecule has 0 bridgehead atoms. The largest absolute Gasteiger partial charge is 0.344 e. The van der Waals surface area contributed by atoms with E-state index in [4.69, 9.17) is 0 Å². The van der Waals surface area contributed by atoms with Crippen molar-refractivity contribution in [2.45, 2.75) is 51.7 Å². The predicted octanol–water partition coefficient (Wildman–Crippen LogP) is 2.85. The molecule has 0 radical (unpaired) electrons. The third kappa shape index (κ3) is 4.06. The van der Waals surface area contributed by atoms with Gasteiger partial charge in [0, 0.05) is 23.5 Å². The van der Waals surface area contributed by atoms with Crippen molar-refractivity contribution in [2.75, 3.05) is 0 Å². The van der Waals surface area contributed by atoms with E-state index in [1.54, 1.807) is 0 Å². The quantitative estimate of drug-likeness (QED) is 0.905. The van der Waals surface area contributed by atoms with E-state index < -0.39 is 0 Å². The van der Waals surface area contributed by atoms with Gasteiger partial charge in [-0.15, -0.1) is 0 Å². The molecular formula is C16H21BrN2O2. The molecule has 0 spiro atoms. The molecule has 21 heavy (non-hydrogen) atoms. The highest BCUT2D eigenvalue weighted by molar-refractivity contribution is 9.10. The van der Waals surface area contributed by atoms with Crippen LogP contribution in [-0.2, 0) is 16.1 Å². The topological polar surface area (TPSA) is 49.4 Å². The van der Waals surface area contributed by atoms with Gasteiger partial charge in [0.15, 0.2) is 0 Å². The van der Waals surface area contributed by atoms with E-state index >= 15 is 0 Å².